The number of hydrogen-bond donors (Lipinski definition) is 0. The van der Waals surface area contributed by atoms with Crippen LogP contribution in [0.4, 0.5) is 24.7 Å². The van der Waals surface area contributed by atoms with E-state index in [4.69, 9.17) is 22.2 Å². The molecule has 3 heterocycles. The van der Waals surface area contributed by atoms with Gasteiger partial charge in [-0.1, -0.05) is 6.07 Å². The third-order valence-corrected chi connectivity index (χ3v) is 6.63. The zero-order valence-electron chi connectivity index (χ0n) is 19.5. The standard InChI is InChI=1S/C24H24F3N5O2S/c1-15-13-30(8-9-34-15)20-7-4-16(12-29-20)14-31-22(35)32(21(33)23(31,2)3)18-6-5-17(11-28)19(10-18)24(25,26)27/h4-7,10,12,15H,8-9,13-14H2,1-3H3/t15-/m0/s1. The van der Waals surface area contributed by atoms with Gasteiger partial charge in [-0.3, -0.25) is 9.69 Å². The lowest BCUT2D eigenvalue weighted by molar-refractivity contribution is -0.137. The molecule has 0 bridgehead atoms. The summed E-state index contributed by atoms with van der Waals surface area (Å²) < 4.78 is 46.0. The molecule has 0 unspecified atom stereocenters. The number of ether oxygens (including phenoxy) is 1. The Bertz CT molecular complexity index is 1190. The predicted molar refractivity (Wildman–Crippen MR) is 128 cm³/mol. The molecule has 2 aliphatic rings. The number of carbonyl (C=O) groups is 1. The zero-order chi connectivity index (χ0) is 25.5. The Hall–Kier alpha value is -3.23. The number of nitrogens with zero attached hydrogens (tertiary/aromatic N) is 5. The molecule has 0 radical (unpaired) electrons. The number of rotatable bonds is 4. The van der Waals surface area contributed by atoms with E-state index >= 15 is 0 Å². The second-order valence-electron chi connectivity index (χ2n) is 9.06. The molecule has 11 heteroatoms. The van der Waals surface area contributed by atoms with Gasteiger partial charge in [0.05, 0.1) is 35.6 Å². The van der Waals surface area contributed by atoms with Gasteiger partial charge in [0.2, 0.25) is 0 Å². The number of benzene rings is 1. The van der Waals surface area contributed by atoms with Gasteiger partial charge in [0.25, 0.3) is 5.91 Å². The molecule has 0 aliphatic carbocycles. The van der Waals surface area contributed by atoms with Crippen LogP contribution in [0, 0.1) is 11.3 Å². The lowest BCUT2D eigenvalue weighted by Crippen LogP contribution is -2.43. The minimum atomic E-state index is -4.74. The van der Waals surface area contributed by atoms with E-state index in [0.29, 0.717) is 6.61 Å². The molecule has 35 heavy (non-hydrogen) atoms. The first kappa shape index (κ1) is 24.9. The van der Waals surface area contributed by atoms with Crippen molar-refractivity contribution in [2.75, 3.05) is 29.5 Å². The van der Waals surface area contributed by atoms with Crippen LogP contribution >= 0.6 is 12.2 Å². The van der Waals surface area contributed by atoms with E-state index in [0.717, 1.165) is 41.5 Å². The molecule has 0 saturated carbocycles. The molecule has 2 aliphatic heterocycles. The van der Waals surface area contributed by atoms with Crippen LogP contribution in [0.3, 0.4) is 0 Å². The molecule has 7 nitrogen and oxygen atoms in total. The summed E-state index contributed by atoms with van der Waals surface area (Å²) in [6.45, 7) is 7.72. The van der Waals surface area contributed by atoms with Crippen molar-refractivity contribution in [2.24, 2.45) is 0 Å². The number of anilines is 2. The van der Waals surface area contributed by atoms with Crippen molar-refractivity contribution in [2.45, 2.75) is 45.1 Å². The summed E-state index contributed by atoms with van der Waals surface area (Å²) in [5.41, 5.74) is -1.95. The van der Waals surface area contributed by atoms with Crippen molar-refractivity contribution in [1.29, 1.82) is 5.26 Å². The zero-order valence-corrected chi connectivity index (χ0v) is 20.3. The summed E-state index contributed by atoms with van der Waals surface area (Å²) in [4.78, 5) is 22.7. The highest BCUT2D eigenvalue weighted by Gasteiger charge is 2.50. The number of aromatic nitrogens is 1. The van der Waals surface area contributed by atoms with Crippen LogP contribution in [0.5, 0.6) is 0 Å². The monoisotopic (exact) mass is 503 g/mol. The van der Waals surface area contributed by atoms with Gasteiger partial charge in [-0.25, -0.2) is 4.98 Å². The maximum Gasteiger partial charge on any atom is 0.417 e. The van der Waals surface area contributed by atoms with Crippen molar-refractivity contribution in [3.8, 4) is 6.07 Å². The summed E-state index contributed by atoms with van der Waals surface area (Å²) in [7, 11) is 0. The van der Waals surface area contributed by atoms with Gasteiger partial charge in [-0.15, -0.1) is 0 Å². The number of pyridine rings is 1. The topological polar surface area (TPSA) is 72.7 Å². The Morgan fingerprint density at radius 2 is 2.03 bits per heavy atom. The van der Waals surface area contributed by atoms with Crippen LogP contribution in [-0.4, -0.2) is 52.2 Å². The highest BCUT2D eigenvalue weighted by molar-refractivity contribution is 7.80. The number of carbonyl (C=O) groups excluding carboxylic acids is 1. The van der Waals surface area contributed by atoms with E-state index < -0.39 is 28.7 Å². The minimum Gasteiger partial charge on any atom is -0.375 e. The Kier molecular flexibility index (Phi) is 6.46. The third kappa shape index (κ3) is 4.68. The Morgan fingerprint density at radius 1 is 1.29 bits per heavy atom. The molecule has 1 aromatic carbocycles. The van der Waals surface area contributed by atoms with Crippen LogP contribution in [0.15, 0.2) is 36.5 Å². The number of nitriles is 1. The number of amides is 1. The fourth-order valence-electron chi connectivity index (χ4n) is 4.24. The Balaban J connectivity index is 1.59. The number of morpholine rings is 1. The number of halogens is 3. The third-order valence-electron chi connectivity index (χ3n) is 6.23. The van der Waals surface area contributed by atoms with Gasteiger partial charge >= 0.3 is 6.18 Å². The molecule has 2 aromatic rings. The van der Waals surface area contributed by atoms with Crippen molar-refractivity contribution in [1.82, 2.24) is 9.88 Å². The highest BCUT2D eigenvalue weighted by Crippen LogP contribution is 2.38. The van der Waals surface area contributed by atoms with Crippen molar-refractivity contribution >= 4 is 34.7 Å². The van der Waals surface area contributed by atoms with Gasteiger partial charge in [-0.05, 0) is 62.8 Å². The first-order chi connectivity index (χ1) is 16.4. The number of hydrogen-bond acceptors (Lipinski definition) is 6. The highest BCUT2D eigenvalue weighted by atomic mass is 32.1. The van der Waals surface area contributed by atoms with Crippen LogP contribution in [0.2, 0.25) is 0 Å². The van der Waals surface area contributed by atoms with Crippen molar-refractivity contribution in [3.05, 3.63) is 53.2 Å². The molecule has 0 spiro atoms. The van der Waals surface area contributed by atoms with E-state index in [2.05, 4.69) is 9.88 Å². The van der Waals surface area contributed by atoms with Gasteiger partial charge in [-0.2, -0.15) is 18.4 Å². The van der Waals surface area contributed by atoms with Gasteiger partial charge in [0, 0.05) is 25.8 Å². The molecule has 1 amide bonds. The predicted octanol–water partition coefficient (Wildman–Crippen LogP) is 4.11. The van der Waals surface area contributed by atoms with Gasteiger partial charge in [0.1, 0.15) is 11.4 Å². The molecule has 1 aromatic heterocycles. The fraction of sp³-hybridized carbons (Fsp3) is 0.417. The second kappa shape index (κ2) is 9.09. The first-order valence-corrected chi connectivity index (χ1v) is 11.4. The normalized spacial score (nSPS) is 20.4. The Morgan fingerprint density at radius 3 is 2.63 bits per heavy atom. The molecule has 0 N–H and O–H groups in total. The van der Waals surface area contributed by atoms with Crippen molar-refractivity contribution in [3.63, 3.8) is 0 Å². The lowest BCUT2D eigenvalue weighted by Gasteiger charge is -2.32. The maximum absolute atomic E-state index is 13.5. The fourth-order valence-corrected chi connectivity index (χ4v) is 4.72. The second-order valence-corrected chi connectivity index (χ2v) is 9.42. The molecule has 2 saturated heterocycles. The van der Waals surface area contributed by atoms with E-state index in [1.807, 2.05) is 19.1 Å². The summed E-state index contributed by atoms with van der Waals surface area (Å²) >= 11 is 5.55. The number of thiocarbonyl (C=S) groups is 1. The molecule has 1 atom stereocenters. The summed E-state index contributed by atoms with van der Waals surface area (Å²) in [6.07, 6.45) is -2.91. The van der Waals surface area contributed by atoms with Gasteiger partial charge in [0.15, 0.2) is 5.11 Å². The van der Waals surface area contributed by atoms with E-state index in [-0.39, 0.29) is 23.4 Å². The summed E-state index contributed by atoms with van der Waals surface area (Å²) in [6, 6.07) is 8.50. The molecule has 2 fully saturated rings. The molecular weight excluding hydrogens is 479 g/mol. The number of alkyl halides is 3. The summed E-state index contributed by atoms with van der Waals surface area (Å²) in [5.74, 6) is 0.370. The quantitative estimate of drug-likeness (QED) is 0.582. The molecule has 4 rings (SSSR count). The average Bonchev–Trinajstić information content (AvgIpc) is 2.98. The van der Waals surface area contributed by atoms with Crippen LogP contribution < -0.4 is 9.80 Å². The van der Waals surface area contributed by atoms with Crippen LogP contribution in [0.1, 0.15) is 37.5 Å². The average molecular weight is 504 g/mol. The van der Waals surface area contributed by atoms with Crippen LogP contribution in [0.25, 0.3) is 0 Å². The maximum atomic E-state index is 13.5. The Labute approximate surface area is 206 Å². The lowest BCUT2D eigenvalue weighted by atomic mass is 10.0. The SMILES string of the molecule is C[C@H]1CN(c2ccc(CN3C(=S)N(c4ccc(C#N)c(C(F)(F)F)c4)C(=O)C3(C)C)cn2)CCO1. The molecular formula is C24H24F3N5O2S. The first-order valence-electron chi connectivity index (χ1n) is 11.0. The smallest absolute Gasteiger partial charge is 0.375 e. The van der Waals surface area contributed by atoms with Gasteiger partial charge < -0.3 is 14.5 Å². The largest absolute Gasteiger partial charge is 0.417 e. The van der Waals surface area contributed by atoms with E-state index in [1.54, 1.807) is 31.0 Å². The summed E-state index contributed by atoms with van der Waals surface area (Å²) in [5, 5.41) is 9.15. The van der Waals surface area contributed by atoms with E-state index in [9.17, 15) is 18.0 Å². The minimum absolute atomic E-state index is 0.0307. The molecule has 184 valence electrons. The van der Waals surface area contributed by atoms with E-state index in [1.165, 1.54) is 6.07 Å². The van der Waals surface area contributed by atoms with Crippen molar-refractivity contribution < 1.29 is 22.7 Å². The van der Waals surface area contributed by atoms with Crippen LogP contribution in [-0.2, 0) is 22.3 Å².